The third kappa shape index (κ3) is 5.72. The van der Waals surface area contributed by atoms with Gasteiger partial charge in [-0.05, 0) is 51.4 Å². The molecule has 0 bridgehead atoms. The molecule has 3 heteroatoms. The average molecular weight is 265 g/mol. The van der Waals surface area contributed by atoms with E-state index in [1.54, 1.807) is 0 Å². The summed E-state index contributed by atoms with van der Waals surface area (Å²) < 4.78 is 11.1. The van der Waals surface area contributed by atoms with Crippen molar-refractivity contribution in [3.63, 3.8) is 0 Å². The Kier molecular flexibility index (Phi) is 7.06. The molecule has 0 spiro atoms. The first kappa shape index (κ1) is 16.2. The molecule has 0 aliphatic carbocycles. The van der Waals surface area contributed by atoms with Crippen LogP contribution in [0.25, 0.3) is 0 Å². The first-order valence-corrected chi connectivity index (χ1v) is 6.98. The van der Waals surface area contributed by atoms with E-state index in [0.717, 1.165) is 0 Å². The highest BCUT2D eigenvalue weighted by Crippen LogP contribution is 2.17. The van der Waals surface area contributed by atoms with Crippen molar-refractivity contribution in [3.05, 3.63) is 34.9 Å². The van der Waals surface area contributed by atoms with Gasteiger partial charge in [0.15, 0.2) is 0 Å². The Balaban J connectivity index is 2.42. The number of hydrogen-bond donors (Lipinski definition) is 1. The van der Waals surface area contributed by atoms with Crippen LogP contribution in [0.4, 0.5) is 0 Å². The molecule has 1 rings (SSSR count). The van der Waals surface area contributed by atoms with E-state index in [0.29, 0.717) is 19.8 Å². The highest BCUT2D eigenvalue weighted by molar-refractivity contribution is 5.31. The van der Waals surface area contributed by atoms with E-state index in [1.165, 1.54) is 16.7 Å². The summed E-state index contributed by atoms with van der Waals surface area (Å²) in [6, 6.07) is 6.79. The monoisotopic (exact) mass is 265 g/mol. The van der Waals surface area contributed by atoms with Crippen molar-refractivity contribution in [3.8, 4) is 0 Å². The van der Waals surface area contributed by atoms with Gasteiger partial charge in [0.05, 0.1) is 32.0 Å². The summed E-state index contributed by atoms with van der Waals surface area (Å²) in [7, 11) is 1.97. The van der Waals surface area contributed by atoms with Gasteiger partial charge in [-0.15, -0.1) is 0 Å². The highest BCUT2D eigenvalue weighted by Gasteiger charge is 2.10. The molecule has 3 nitrogen and oxygen atoms in total. The van der Waals surface area contributed by atoms with Gasteiger partial charge in [-0.2, -0.15) is 0 Å². The summed E-state index contributed by atoms with van der Waals surface area (Å²) in [4.78, 5) is 0. The maximum atomic E-state index is 5.67. The van der Waals surface area contributed by atoms with E-state index in [1.807, 2.05) is 20.9 Å². The quantitative estimate of drug-likeness (QED) is 0.733. The lowest BCUT2D eigenvalue weighted by molar-refractivity contribution is 0.0142. The van der Waals surface area contributed by atoms with Crippen LogP contribution in [0, 0.1) is 13.8 Å². The second kappa shape index (κ2) is 8.31. The summed E-state index contributed by atoms with van der Waals surface area (Å²) in [5.41, 5.74) is 3.92. The minimum absolute atomic E-state index is 0.235. The molecule has 0 aromatic heterocycles. The SMILES string of the molecule is CNC(COCCOC(C)C)c1ccc(C)c(C)c1. The first-order valence-electron chi connectivity index (χ1n) is 6.98. The maximum Gasteiger partial charge on any atom is 0.0703 e. The summed E-state index contributed by atoms with van der Waals surface area (Å²) in [5, 5.41) is 3.30. The molecule has 108 valence electrons. The molecule has 0 fully saturated rings. The fourth-order valence-electron chi connectivity index (χ4n) is 1.87. The van der Waals surface area contributed by atoms with E-state index in [4.69, 9.17) is 9.47 Å². The van der Waals surface area contributed by atoms with Crippen molar-refractivity contribution < 1.29 is 9.47 Å². The topological polar surface area (TPSA) is 30.5 Å². The molecule has 19 heavy (non-hydrogen) atoms. The van der Waals surface area contributed by atoms with Crippen LogP contribution >= 0.6 is 0 Å². The van der Waals surface area contributed by atoms with Gasteiger partial charge in [0.25, 0.3) is 0 Å². The third-order valence-electron chi connectivity index (χ3n) is 3.25. The predicted octanol–water partition coefficient (Wildman–Crippen LogP) is 3.01. The third-order valence-corrected chi connectivity index (χ3v) is 3.25. The predicted molar refractivity (Wildman–Crippen MR) is 79.6 cm³/mol. The number of likely N-dealkylation sites (N-methyl/N-ethyl adjacent to an activating group) is 1. The Hall–Kier alpha value is -0.900. The Morgan fingerprint density at radius 2 is 1.84 bits per heavy atom. The van der Waals surface area contributed by atoms with Crippen LogP contribution in [0.5, 0.6) is 0 Å². The smallest absolute Gasteiger partial charge is 0.0703 e. The van der Waals surface area contributed by atoms with Crippen LogP contribution in [0.3, 0.4) is 0 Å². The molecular weight excluding hydrogens is 238 g/mol. The number of rotatable bonds is 8. The van der Waals surface area contributed by atoms with Crippen molar-refractivity contribution in [2.75, 3.05) is 26.9 Å². The second-order valence-electron chi connectivity index (χ2n) is 5.18. The Morgan fingerprint density at radius 3 is 2.42 bits per heavy atom. The van der Waals surface area contributed by atoms with Crippen LogP contribution in [0.1, 0.15) is 36.6 Å². The number of ether oxygens (including phenoxy) is 2. The van der Waals surface area contributed by atoms with Crippen molar-refractivity contribution in [1.29, 1.82) is 0 Å². The summed E-state index contributed by atoms with van der Waals surface area (Å²) >= 11 is 0. The van der Waals surface area contributed by atoms with Crippen molar-refractivity contribution in [2.24, 2.45) is 0 Å². The van der Waals surface area contributed by atoms with Crippen LogP contribution in [0.15, 0.2) is 18.2 Å². The van der Waals surface area contributed by atoms with Crippen molar-refractivity contribution in [1.82, 2.24) is 5.32 Å². The lowest BCUT2D eigenvalue weighted by Crippen LogP contribution is -2.23. The molecular formula is C16H27NO2. The fourth-order valence-corrected chi connectivity index (χ4v) is 1.87. The number of benzene rings is 1. The van der Waals surface area contributed by atoms with Gasteiger partial charge in [-0.1, -0.05) is 18.2 Å². The maximum absolute atomic E-state index is 5.67. The zero-order chi connectivity index (χ0) is 14.3. The van der Waals surface area contributed by atoms with E-state index < -0.39 is 0 Å². The molecule has 1 aromatic carbocycles. The minimum atomic E-state index is 0.235. The molecule has 1 unspecified atom stereocenters. The largest absolute Gasteiger partial charge is 0.377 e. The summed E-state index contributed by atoms with van der Waals surface area (Å²) in [5.74, 6) is 0. The second-order valence-corrected chi connectivity index (χ2v) is 5.18. The van der Waals surface area contributed by atoms with E-state index in [-0.39, 0.29) is 12.1 Å². The van der Waals surface area contributed by atoms with Crippen LogP contribution < -0.4 is 5.32 Å². The Labute approximate surface area is 117 Å². The molecule has 0 amide bonds. The molecule has 1 N–H and O–H groups in total. The average Bonchev–Trinajstić information content (AvgIpc) is 2.37. The first-order chi connectivity index (χ1) is 9.04. The minimum Gasteiger partial charge on any atom is -0.377 e. The zero-order valence-electron chi connectivity index (χ0n) is 12.8. The molecule has 0 radical (unpaired) electrons. The number of aryl methyl sites for hydroxylation is 2. The van der Waals surface area contributed by atoms with Gasteiger partial charge in [0.1, 0.15) is 0 Å². The van der Waals surface area contributed by atoms with Gasteiger partial charge in [-0.25, -0.2) is 0 Å². The Bertz CT molecular complexity index is 377. The van der Waals surface area contributed by atoms with Gasteiger partial charge in [0, 0.05) is 0 Å². The van der Waals surface area contributed by atoms with Gasteiger partial charge < -0.3 is 14.8 Å². The molecule has 1 aromatic rings. The van der Waals surface area contributed by atoms with Gasteiger partial charge >= 0.3 is 0 Å². The lowest BCUT2D eigenvalue weighted by Gasteiger charge is -2.18. The number of nitrogens with one attached hydrogen (secondary N) is 1. The van der Waals surface area contributed by atoms with Crippen molar-refractivity contribution >= 4 is 0 Å². The molecule has 0 saturated heterocycles. The highest BCUT2D eigenvalue weighted by atomic mass is 16.5. The zero-order valence-corrected chi connectivity index (χ0v) is 12.8. The van der Waals surface area contributed by atoms with E-state index in [2.05, 4.69) is 37.4 Å². The Morgan fingerprint density at radius 1 is 1.11 bits per heavy atom. The van der Waals surface area contributed by atoms with Crippen LogP contribution in [0.2, 0.25) is 0 Å². The normalized spacial score (nSPS) is 12.9. The standard InChI is InChI=1S/C16H27NO2/c1-12(2)19-9-8-18-11-16(17-5)15-7-6-13(3)14(4)10-15/h6-7,10,12,16-17H,8-9,11H2,1-5H3. The molecule has 1 atom stereocenters. The molecule has 0 aliphatic heterocycles. The van der Waals surface area contributed by atoms with Gasteiger partial charge in [-0.3, -0.25) is 0 Å². The van der Waals surface area contributed by atoms with Crippen molar-refractivity contribution in [2.45, 2.75) is 39.8 Å². The number of hydrogen-bond acceptors (Lipinski definition) is 3. The molecule has 0 heterocycles. The molecule has 0 saturated carbocycles. The van der Waals surface area contributed by atoms with Crippen LogP contribution in [-0.2, 0) is 9.47 Å². The summed E-state index contributed by atoms with van der Waals surface area (Å²) in [6.45, 7) is 10.3. The molecule has 0 aliphatic rings. The van der Waals surface area contributed by atoms with E-state index in [9.17, 15) is 0 Å². The fraction of sp³-hybridized carbons (Fsp3) is 0.625. The lowest BCUT2D eigenvalue weighted by atomic mass is 10.0. The summed E-state index contributed by atoms with van der Waals surface area (Å²) in [6.07, 6.45) is 0.267. The van der Waals surface area contributed by atoms with Gasteiger partial charge in [0.2, 0.25) is 0 Å². The van der Waals surface area contributed by atoms with Crippen LogP contribution in [-0.4, -0.2) is 33.0 Å². The van der Waals surface area contributed by atoms with E-state index >= 15 is 0 Å².